The lowest BCUT2D eigenvalue weighted by atomic mass is 10.3. The standard InChI is InChI=1S/C18H18ClN3O2S/c1-11(18-21-13-5-3-4-6-14(13)22-18)25-10-17(23)20-15-9-12(19)7-8-16(15)24-2/h3-9,11H,10H2,1-2H3,(H,20,23)(H,21,22). The molecular weight excluding hydrogens is 358 g/mol. The maximum atomic E-state index is 12.2. The fraction of sp³-hybridized carbons (Fsp3) is 0.222. The average Bonchev–Trinajstić information content (AvgIpc) is 3.04. The summed E-state index contributed by atoms with van der Waals surface area (Å²) in [6.45, 7) is 2.02. The number of carbonyl (C=O) groups excluding carboxylic acids is 1. The third kappa shape index (κ3) is 4.27. The van der Waals surface area contributed by atoms with Crippen LogP contribution in [0.5, 0.6) is 5.75 Å². The molecule has 0 fully saturated rings. The Morgan fingerprint density at radius 3 is 2.92 bits per heavy atom. The highest BCUT2D eigenvalue weighted by molar-refractivity contribution is 8.00. The van der Waals surface area contributed by atoms with E-state index in [9.17, 15) is 4.79 Å². The lowest BCUT2D eigenvalue weighted by Crippen LogP contribution is -2.15. The number of hydrogen-bond acceptors (Lipinski definition) is 4. The molecule has 0 radical (unpaired) electrons. The highest BCUT2D eigenvalue weighted by atomic mass is 35.5. The van der Waals surface area contributed by atoms with E-state index in [4.69, 9.17) is 16.3 Å². The van der Waals surface area contributed by atoms with Gasteiger partial charge in [-0.3, -0.25) is 4.79 Å². The molecule has 1 heterocycles. The molecule has 2 N–H and O–H groups in total. The number of aromatic amines is 1. The van der Waals surface area contributed by atoms with E-state index in [1.54, 1.807) is 25.3 Å². The molecule has 7 heteroatoms. The molecule has 1 unspecified atom stereocenters. The van der Waals surface area contributed by atoms with E-state index < -0.39 is 0 Å². The van der Waals surface area contributed by atoms with Gasteiger partial charge in [-0.15, -0.1) is 11.8 Å². The monoisotopic (exact) mass is 375 g/mol. The summed E-state index contributed by atoms with van der Waals surface area (Å²) in [5, 5.41) is 3.45. The Morgan fingerprint density at radius 1 is 1.36 bits per heavy atom. The van der Waals surface area contributed by atoms with Gasteiger partial charge < -0.3 is 15.0 Å². The zero-order valence-electron chi connectivity index (χ0n) is 13.9. The number of rotatable bonds is 6. The van der Waals surface area contributed by atoms with Crippen LogP contribution in [0.25, 0.3) is 11.0 Å². The van der Waals surface area contributed by atoms with Gasteiger partial charge in [0.2, 0.25) is 5.91 Å². The Kier molecular flexibility index (Phi) is 5.50. The number of amides is 1. The number of imidazole rings is 1. The SMILES string of the molecule is COc1ccc(Cl)cc1NC(=O)CSC(C)c1nc2ccccc2[nH]1. The second-order valence-electron chi connectivity index (χ2n) is 5.49. The Labute approximate surface area is 155 Å². The summed E-state index contributed by atoms with van der Waals surface area (Å²) in [6, 6.07) is 13.0. The fourth-order valence-corrected chi connectivity index (χ4v) is 3.32. The molecule has 1 atom stereocenters. The van der Waals surface area contributed by atoms with Gasteiger partial charge in [-0.2, -0.15) is 0 Å². The summed E-state index contributed by atoms with van der Waals surface area (Å²) in [7, 11) is 1.55. The van der Waals surface area contributed by atoms with Crippen LogP contribution in [0.4, 0.5) is 5.69 Å². The summed E-state index contributed by atoms with van der Waals surface area (Å²) >= 11 is 7.49. The molecular formula is C18H18ClN3O2S. The van der Waals surface area contributed by atoms with Crippen molar-refractivity contribution in [1.82, 2.24) is 9.97 Å². The lowest BCUT2D eigenvalue weighted by Gasteiger charge is -2.12. The number of fused-ring (bicyclic) bond motifs is 1. The Bertz CT molecular complexity index is 864. The first-order valence-electron chi connectivity index (χ1n) is 7.76. The minimum absolute atomic E-state index is 0.0689. The average molecular weight is 376 g/mol. The minimum atomic E-state index is -0.117. The van der Waals surface area contributed by atoms with Gasteiger partial charge in [-0.25, -0.2) is 4.98 Å². The number of thioether (sulfide) groups is 1. The van der Waals surface area contributed by atoms with Crippen LogP contribution in [-0.4, -0.2) is 28.7 Å². The maximum absolute atomic E-state index is 12.2. The minimum Gasteiger partial charge on any atom is -0.495 e. The van der Waals surface area contributed by atoms with Crippen molar-refractivity contribution in [1.29, 1.82) is 0 Å². The number of methoxy groups -OCH3 is 1. The molecule has 0 aliphatic carbocycles. The van der Waals surface area contributed by atoms with E-state index in [0.29, 0.717) is 22.2 Å². The number of anilines is 1. The van der Waals surface area contributed by atoms with Gasteiger partial charge in [0.05, 0.1) is 34.8 Å². The van der Waals surface area contributed by atoms with Gasteiger partial charge in [0.25, 0.3) is 0 Å². The first-order chi connectivity index (χ1) is 12.1. The Morgan fingerprint density at radius 2 is 2.16 bits per heavy atom. The number of nitrogens with zero attached hydrogens (tertiary/aromatic N) is 1. The van der Waals surface area contributed by atoms with Crippen molar-refractivity contribution in [3.8, 4) is 5.75 Å². The van der Waals surface area contributed by atoms with Gasteiger partial charge in [-0.05, 0) is 37.3 Å². The number of nitrogens with one attached hydrogen (secondary N) is 2. The number of ether oxygens (including phenoxy) is 1. The predicted octanol–water partition coefficient (Wildman–Crippen LogP) is 4.66. The summed E-state index contributed by atoms with van der Waals surface area (Å²) in [4.78, 5) is 20.1. The Balaban J connectivity index is 1.61. The van der Waals surface area contributed by atoms with Crippen molar-refractivity contribution in [2.75, 3.05) is 18.2 Å². The van der Waals surface area contributed by atoms with Gasteiger partial charge in [-0.1, -0.05) is 23.7 Å². The molecule has 0 saturated heterocycles. The number of para-hydroxylation sites is 2. The zero-order chi connectivity index (χ0) is 17.8. The highest BCUT2D eigenvalue weighted by Gasteiger charge is 2.14. The van der Waals surface area contributed by atoms with Crippen LogP contribution in [0.2, 0.25) is 5.02 Å². The second kappa shape index (κ2) is 7.80. The Hall–Kier alpha value is -2.18. The van der Waals surface area contributed by atoms with E-state index in [1.165, 1.54) is 11.8 Å². The van der Waals surface area contributed by atoms with Crippen LogP contribution in [-0.2, 0) is 4.79 Å². The molecule has 0 bridgehead atoms. The van der Waals surface area contributed by atoms with Crippen LogP contribution in [0.1, 0.15) is 18.0 Å². The lowest BCUT2D eigenvalue weighted by molar-refractivity contribution is -0.113. The van der Waals surface area contributed by atoms with Crippen LogP contribution < -0.4 is 10.1 Å². The van der Waals surface area contributed by atoms with Crippen LogP contribution in [0, 0.1) is 0 Å². The largest absolute Gasteiger partial charge is 0.495 e. The number of H-pyrrole nitrogens is 1. The summed E-state index contributed by atoms with van der Waals surface area (Å²) < 4.78 is 5.23. The number of hydrogen-bond donors (Lipinski definition) is 2. The van der Waals surface area contributed by atoms with Crippen molar-refractivity contribution in [2.24, 2.45) is 0 Å². The molecule has 0 saturated carbocycles. The summed E-state index contributed by atoms with van der Waals surface area (Å²) in [5.74, 6) is 1.62. The van der Waals surface area contributed by atoms with E-state index in [0.717, 1.165) is 16.9 Å². The van der Waals surface area contributed by atoms with Crippen LogP contribution >= 0.6 is 23.4 Å². The molecule has 130 valence electrons. The molecule has 25 heavy (non-hydrogen) atoms. The van der Waals surface area contributed by atoms with E-state index in [1.807, 2.05) is 31.2 Å². The number of carbonyl (C=O) groups is 1. The van der Waals surface area contributed by atoms with Gasteiger partial charge in [0.1, 0.15) is 11.6 Å². The number of aromatic nitrogens is 2. The summed E-state index contributed by atoms with van der Waals surface area (Å²) in [5.41, 5.74) is 2.49. The first kappa shape index (κ1) is 17.6. The molecule has 1 amide bonds. The summed E-state index contributed by atoms with van der Waals surface area (Å²) in [6.07, 6.45) is 0. The zero-order valence-corrected chi connectivity index (χ0v) is 15.4. The van der Waals surface area contributed by atoms with E-state index >= 15 is 0 Å². The number of benzene rings is 2. The van der Waals surface area contributed by atoms with Crippen molar-refractivity contribution in [2.45, 2.75) is 12.2 Å². The molecule has 1 aromatic heterocycles. The molecule has 0 spiro atoms. The molecule has 2 aromatic carbocycles. The van der Waals surface area contributed by atoms with Gasteiger partial charge >= 0.3 is 0 Å². The molecule has 5 nitrogen and oxygen atoms in total. The molecule has 3 aromatic rings. The van der Waals surface area contributed by atoms with Crippen molar-refractivity contribution in [3.63, 3.8) is 0 Å². The quantitative estimate of drug-likeness (QED) is 0.657. The predicted molar refractivity (Wildman–Crippen MR) is 104 cm³/mol. The molecule has 0 aliphatic heterocycles. The normalized spacial score (nSPS) is 12.1. The molecule has 0 aliphatic rings. The first-order valence-corrected chi connectivity index (χ1v) is 9.19. The van der Waals surface area contributed by atoms with Crippen molar-refractivity contribution >= 4 is 46.0 Å². The van der Waals surface area contributed by atoms with Gasteiger partial charge in [0.15, 0.2) is 0 Å². The third-order valence-corrected chi connectivity index (χ3v) is 5.08. The third-order valence-electron chi connectivity index (χ3n) is 3.69. The molecule has 3 rings (SSSR count). The number of halogens is 1. The van der Waals surface area contributed by atoms with Crippen LogP contribution in [0.15, 0.2) is 42.5 Å². The fourth-order valence-electron chi connectivity index (χ4n) is 2.41. The van der Waals surface area contributed by atoms with E-state index in [2.05, 4.69) is 15.3 Å². The smallest absolute Gasteiger partial charge is 0.234 e. The highest BCUT2D eigenvalue weighted by Crippen LogP contribution is 2.30. The topological polar surface area (TPSA) is 67.0 Å². The van der Waals surface area contributed by atoms with Crippen LogP contribution in [0.3, 0.4) is 0 Å². The van der Waals surface area contributed by atoms with E-state index in [-0.39, 0.29) is 11.2 Å². The van der Waals surface area contributed by atoms with Crippen molar-refractivity contribution < 1.29 is 9.53 Å². The van der Waals surface area contributed by atoms with Crippen molar-refractivity contribution in [3.05, 3.63) is 53.3 Å². The maximum Gasteiger partial charge on any atom is 0.234 e. The van der Waals surface area contributed by atoms with Gasteiger partial charge in [0, 0.05) is 5.02 Å². The second-order valence-corrected chi connectivity index (χ2v) is 7.25.